The quantitative estimate of drug-likeness (QED) is 0.556. The van der Waals surface area contributed by atoms with Crippen LogP contribution in [-0.4, -0.2) is 15.9 Å². The molecule has 1 aromatic carbocycles. The molecule has 25 heavy (non-hydrogen) atoms. The molecule has 2 aromatic heterocycles. The van der Waals surface area contributed by atoms with Gasteiger partial charge in [-0.05, 0) is 47.5 Å². The number of amides is 1. The Hall–Kier alpha value is -2.98. The summed E-state index contributed by atoms with van der Waals surface area (Å²) in [4.78, 5) is 20.2. The zero-order chi connectivity index (χ0) is 17.5. The Balaban J connectivity index is 1.61. The van der Waals surface area contributed by atoms with Crippen molar-refractivity contribution in [3.63, 3.8) is 0 Å². The first-order valence-electron chi connectivity index (χ1n) is 7.78. The zero-order valence-electron chi connectivity index (χ0n) is 13.4. The molecule has 0 bridgehead atoms. The van der Waals surface area contributed by atoms with E-state index < -0.39 is 0 Å². The van der Waals surface area contributed by atoms with Crippen LogP contribution in [0.4, 0.5) is 0 Å². The van der Waals surface area contributed by atoms with Crippen LogP contribution < -0.4 is 5.32 Å². The van der Waals surface area contributed by atoms with E-state index in [1.165, 1.54) is 6.08 Å². The highest BCUT2D eigenvalue weighted by Gasteiger charge is 2.02. The van der Waals surface area contributed by atoms with Gasteiger partial charge in [-0.25, -0.2) is 4.98 Å². The molecular weight excluding hydrogens is 334 g/mol. The minimum absolute atomic E-state index is 0.163. The number of nitrogens with zero attached hydrogens (tertiary/aromatic N) is 2. The van der Waals surface area contributed by atoms with Crippen LogP contribution in [0.1, 0.15) is 11.3 Å². The Morgan fingerprint density at radius 3 is 2.72 bits per heavy atom. The summed E-state index contributed by atoms with van der Waals surface area (Å²) in [7, 11) is 0. The van der Waals surface area contributed by atoms with Crippen LogP contribution in [-0.2, 0) is 11.3 Å². The van der Waals surface area contributed by atoms with Gasteiger partial charge in [0.2, 0.25) is 5.91 Å². The molecule has 0 saturated heterocycles. The van der Waals surface area contributed by atoms with Gasteiger partial charge in [-0.15, -0.1) is 0 Å². The predicted molar refractivity (Wildman–Crippen MR) is 99.8 cm³/mol. The first kappa shape index (κ1) is 16.9. The SMILES string of the molecule is O=C(/C=C/c1ccccn1)NCc1cccc(-c2ccc(Cl)nc2)c1. The summed E-state index contributed by atoms with van der Waals surface area (Å²) < 4.78 is 0. The van der Waals surface area contributed by atoms with Crippen LogP contribution in [0.2, 0.25) is 5.15 Å². The van der Waals surface area contributed by atoms with Crippen LogP contribution in [0.15, 0.2) is 73.1 Å². The van der Waals surface area contributed by atoms with Crippen molar-refractivity contribution in [1.82, 2.24) is 15.3 Å². The Morgan fingerprint density at radius 1 is 1.04 bits per heavy atom. The van der Waals surface area contributed by atoms with Gasteiger partial charge in [-0.3, -0.25) is 9.78 Å². The van der Waals surface area contributed by atoms with Gasteiger partial charge in [0.1, 0.15) is 5.15 Å². The van der Waals surface area contributed by atoms with Crippen molar-refractivity contribution in [3.05, 3.63) is 89.5 Å². The lowest BCUT2D eigenvalue weighted by molar-refractivity contribution is -0.116. The van der Waals surface area contributed by atoms with E-state index in [0.717, 1.165) is 22.4 Å². The molecule has 0 aliphatic rings. The lowest BCUT2D eigenvalue weighted by atomic mass is 10.0. The second kappa shape index (κ2) is 8.22. The number of aromatic nitrogens is 2. The molecule has 124 valence electrons. The summed E-state index contributed by atoms with van der Waals surface area (Å²) in [6.07, 6.45) is 6.59. The summed E-state index contributed by atoms with van der Waals surface area (Å²) in [5.41, 5.74) is 3.76. The van der Waals surface area contributed by atoms with Gasteiger partial charge < -0.3 is 5.32 Å². The number of pyridine rings is 2. The average Bonchev–Trinajstić information content (AvgIpc) is 2.66. The summed E-state index contributed by atoms with van der Waals surface area (Å²) in [6, 6.07) is 17.2. The third-order valence-electron chi connectivity index (χ3n) is 3.55. The molecule has 0 unspecified atom stereocenters. The van der Waals surface area contributed by atoms with Crippen molar-refractivity contribution < 1.29 is 4.79 Å². The molecule has 0 aliphatic carbocycles. The first-order chi connectivity index (χ1) is 12.2. The van der Waals surface area contributed by atoms with Crippen LogP contribution in [0.5, 0.6) is 0 Å². The number of hydrogen-bond acceptors (Lipinski definition) is 3. The fourth-order valence-electron chi connectivity index (χ4n) is 2.29. The Morgan fingerprint density at radius 2 is 1.96 bits per heavy atom. The number of carbonyl (C=O) groups excluding carboxylic acids is 1. The van der Waals surface area contributed by atoms with E-state index in [2.05, 4.69) is 15.3 Å². The lowest BCUT2D eigenvalue weighted by Crippen LogP contribution is -2.20. The molecule has 0 spiro atoms. The first-order valence-corrected chi connectivity index (χ1v) is 8.16. The molecule has 0 atom stereocenters. The maximum atomic E-state index is 11.9. The summed E-state index contributed by atoms with van der Waals surface area (Å²) in [5, 5.41) is 3.33. The van der Waals surface area contributed by atoms with E-state index in [0.29, 0.717) is 11.7 Å². The normalized spacial score (nSPS) is 10.8. The van der Waals surface area contributed by atoms with Gasteiger partial charge in [-0.1, -0.05) is 35.9 Å². The maximum absolute atomic E-state index is 11.9. The third-order valence-corrected chi connectivity index (χ3v) is 3.77. The van der Waals surface area contributed by atoms with Gasteiger partial charge in [-0.2, -0.15) is 0 Å². The summed E-state index contributed by atoms with van der Waals surface area (Å²) in [5.74, 6) is -0.163. The van der Waals surface area contributed by atoms with Gasteiger partial charge in [0.15, 0.2) is 0 Å². The Labute approximate surface area is 151 Å². The molecule has 3 aromatic rings. The number of halogens is 1. The van der Waals surface area contributed by atoms with E-state index in [4.69, 9.17) is 11.6 Å². The summed E-state index contributed by atoms with van der Waals surface area (Å²) >= 11 is 5.82. The smallest absolute Gasteiger partial charge is 0.244 e. The Bertz CT molecular complexity index is 877. The number of carbonyl (C=O) groups is 1. The molecule has 4 nitrogen and oxygen atoms in total. The predicted octanol–water partition coefficient (Wildman–Crippen LogP) is 4.13. The van der Waals surface area contributed by atoms with Crippen molar-refractivity contribution >= 4 is 23.6 Å². The second-order valence-corrected chi connectivity index (χ2v) is 5.76. The molecule has 0 fully saturated rings. The number of hydrogen-bond donors (Lipinski definition) is 1. The topological polar surface area (TPSA) is 54.9 Å². The maximum Gasteiger partial charge on any atom is 0.244 e. The van der Waals surface area contributed by atoms with E-state index >= 15 is 0 Å². The largest absolute Gasteiger partial charge is 0.348 e. The molecule has 0 aliphatic heterocycles. The molecule has 5 heteroatoms. The molecular formula is C20H16ClN3O. The van der Waals surface area contributed by atoms with E-state index in [-0.39, 0.29) is 5.91 Å². The second-order valence-electron chi connectivity index (χ2n) is 5.38. The standard InChI is InChI=1S/C20H16ClN3O/c21-19-9-7-17(14-23-19)16-5-3-4-15(12-16)13-24-20(25)10-8-18-6-1-2-11-22-18/h1-12,14H,13H2,(H,24,25)/b10-8+. The molecule has 1 amide bonds. The molecule has 2 heterocycles. The molecule has 1 N–H and O–H groups in total. The number of rotatable bonds is 5. The molecule has 0 radical (unpaired) electrons. The van der Waals surface area contributed by atoms with Gasteiger partial charge >= 0.3 is 0 Å². The Kier molecular flexibility index (Phi) is 5.54. The monoisotopic (exact) mass is 349 g/mol. The fraction of sp³-hybridized carbons (Fsp3) is 0.0500. The minimum atomic E-state index is -0.163. The van der Waals surface area contributed by atoms with Crippen molar-refractivity contribution in [3.8, 4) is 11.1 Å². The van der Waals surface area contributed by atoms with Gasteiger partial charge in [0.05, 0.1) is 5.69 Å². The van der Waals surface area contributed by atoms with E-state index in [1.807, 2.05) is 48.5 Å². The fourth-order valence-corrected chi connectivity index (χ4v) is 2.40. The average molecular weight is 350 g/mol. The van der Waals surface area contributed by atoms with Crippen molar-refractivity contribution in [2.24, 2.45) is 0 Å². The highest BCUT2D eigenvalue weighted by Crippen LogP contribution is 2.20. The van der Waals surface area contributed by atoms with E-state index in [1.54, 1.807) is 24.5 Å². The van der Waals surface area contributed by atoms with Gasteiger partial charge in [0, 0.05) is 30.6 Å². The van der Waals surface area contributed by atoms with Crippen molar-refractivity contribution in [1.29, 1.82) is 0 Å². The van der Waals surface area contributed by atoms with Crippen molar-refractivity contribution in [2.75, 3.05) is 0 Å². The number of benzene rings is 1. The van der Waals surface area contributed by atoms with Crippen LogP contribution in [0.3, 0.4) is 0 Å². The van der Waals surface area contributed by atoms with Crippen LogP contribution >= 0.6 is 11.6 Å². The molecule has 3 rings (SSSR count). The van der Waals surface area contributed by atoms with Crippen LogP contribution in [0.25, 0.3) is 17.2 Å². The third kappa shape index (κ3) is 4.99. The van der Waals surface area contributed by atoms with Gasteiger partial charge in [0.25, 0.3) is 0 Å². The van der Waals surface area contributed by atoms with E-state index in [9.17, 15) is 4.79 Å². The zero-order valence-corrected chi connectivity index (χ0v) is 14.1. The highest BCUT2D eigenvalue weighted by molar-refractivity contribution is 6.29. The van der Waals surface area contributed by atoms with Crippen LogP contribution in [0, 0.1) is 0 Å². The lowest BCUT2D eigenvalue weighted by Gasteiger charge is -2.06. The van der Waals surface area contributed by atoms with Crippen molar-refractivity contribution in [2.45, 2.75) is 6.54 Å². The number of nitrogens with one attached hydrogen (secondary N) is 1. The minimum Gasteiger partial charge on any atom is -0.348 e. The molecule has 0 saturated carbocycles. The highest BCUT2D eigenvalue weighted by atomic mass is 35.5. The summed E-state index contributed by atoms with van der Waals surface area (Å²) in [6.45, 7) is 0.445.